The Balaban J connectivity index is 1.60. The molecule has 36 heavy (non-hydrogen) atoms. The average Bonchev–Trinajstić information content (AvgIpc) is 3.23. The van der Waals surface area contributed by atoms with Crippen molar-refractivity contribution in [3.05, 3.63) is 81.0 Å². The minimum absolute atomic E-state index is 0.0257. The molecule has 10 nitrogen and oxygen atoms in total. The first-order valence-electron chi connectivity index (χ1n) is 11.3. The lowest BCUT2D eigenvalue weighted by atomic mass is 10.2. The summed E-state index contributed by atoms with van der Waals surface area (Å²) < 4.78 is 4.13. The molecule has 2 aromatic heterocycles. The van der Waals surface area contributed by atoms with Crippen LogP contribution in [-0.2, 0) is 30.2 Å². The van der Waals surface area contributed by atoms with Gasteiger partial charge in [-0.25, -0.2) is 9.78 Å². The maximum absolute atomic E-state index is 13.0. The van der Waals surface area contributed by atoms with Crippen LogP contribution in [0.2, 0.25) is 0 Å². The fraction of sp³-hybridized carbons (Fsp3) is 0.240. The lowest BCUT2D eigenvalue weighted by Gasteiger charge is -2.10. The minimum atomic E-state index is -0.471. The smallest absolute Gasteiger partial charge is 0.326 e. The second-order valence-corrected chi connectivity index (χ2v) is 9.11. The van der Waals surface area contributed by atoms with Crippen molar-refractivity contribution in [3.8, 4) is 0 Å². The van der Waals surface area contributed by atoms with E-state index in [0.717, 1.165) is 10.1 Å². The van der Waals surface area contributed by atoms with E-state index in [2.05, 4.69) is 15.6 Å². The molecule has 0 aliphatic rings. The third kappa shape index (κ3) is 5.25. The quantitative estimate of drug-likeness (QED) is 0.355. The summed E-state index contributed by atoms with van der Waals surface area (Å²) in [5.41, 5.74) is 1.73. The number of aryl methyl sites for hydroxylation is 1. The van der Waals surface area contributed by atoms with Crippen molar-refractivity contribution in [2.45, 2.75) is 25.0 Å². The van der Waals surface area contributed by atoms with Gasteiger partial charge in [0.05, 0.1) is 12.3 Å². The Labute approximate surface area is 211 Å². The number of benzene rings is 2. The Bertz CT molecular complexity index is 1550. The van der Waals surface area contributed by atoms with Crippen molar-refractivity contribution >= 4 is 46.1 Å². The molecular formula is C25H26N6O4S. The molecule has 0 spiro atoms. The van der Waals surface area contributed by atoms with Crippen LogP contribution in [0.15, 0.2) is 69.3 Å². The molecule has 0 fully saturated rings. The molecule has 4 aromatic rings. The summed E-state index contributed by atoms with van der Waals surface area (Å²) in [6.07, 6.45) is 0.353. The standard InChI is InChI=1S/C25H26N6O4S/c1-4-19(32)26-17-11-8-12-18(13-17)27-20(33)15-36-24-28-22-21(23(34)30(3)25(35)29(22)2)31(24)14-16-9-6-5-7-10-16/h5-13H,4,14-15H2,1-3H3,(H,26,32)(H,27,33). The Morgan fingerprint density at radius 1 is 0.917 bits per heavy atom. The van der Waals surface area contributed by atoms with Gasteiger partial charge in [0, 0.05) is 31.9 Å². The Hall–Kier alpha value is -4.12. The molecule has 2 heterocycles. The zero-order chi connectivity index (χ0) is 25.8. The molecule has 2 amide bonds. The zero-order valence-electron chi connectivity index (χ0n) is 20.1. The van der Waals surface area contributed by atoms with Gasteiger partial charge in [-0.05, 0) is 23.8 Å². The summed E-state index contributed by atoms with van der Waals surface area (Å²) >= 11 is 1.17. The van der Waals surface area contributed by atoms with Gasteiger partial charge in [0.25, 0.3) is 5.56 Å². The lowest BCUT2D eigenvalue weighted by molar-refractivity contribution is -0.116. The molecule has 186 valence electrons. The number of rotatable bonds is 8. The minimum Gasteiger partial charge on any atom is -0.326 e. The molecule has 0 saturated heterocycles. The fourth-order valence-electron chi connectivity index (χ4n) is 3.70. The van der Waals surface area contributed by atoms with Gasteiger partial charge in [0.1, 0.15) is 0 Å². The fourth-order valence-corrected chi connectivity index (χ4v) is 4.50. The number of carbonyl (C=O) groups excluding carboxylic acids is 2. The second kappa shape index (κ2) is 10.6. The van der Waals surface area contributed by atoms with Gasteiger partial charge in [-0.2, -0.15) is 0 Å². The maximum Gasteiger partial charge on any atom is 0.332 e. The number of nitrogens with one attached hydrogen (secondary N) is 2. The SMILES string of the molecule is CCC(=O)Nc1cccc(NC(=O)CSc2nc3c(c(=O)n(C)c(=O)n3C)n2Cc2ccccc2)c1. The van der Waals surface area contributed by atoms with Gasteiger partial charge in [0.15, 0.2) is 16.3 Å². The van der Waals surface area contributed by atoms with E-state index in [1.165, 1.54) is 23.4 Å². The lowest BCUT2D eigenvalue weighted by Crippen LogP contribution is -2.37. The largest absolute Gasteiger partial charge is 0.332 e. The first-order valence-corrected chi connectivity index (χ1v) is 12.3. The maximum atomic E-state index is 13.0. The molecular weight excluding hydrogens is 480 g/mol. The number of carbonyl (C=O) groups is 2. The molecule has 2 N–H and O–H groups in total. The van der Waals surface area contributed by atoms with E-state index in [9.17, 15) is 19.2 Å². The van der Waals surface area contributed by atoms with Gasteiger partial charge in [-0.1, -0.05) is 55.1 Å². The average molecular weight is 507 g/mol. The van der Waals surface area contributed by atoms with Gasteiger partial charge in [-0.3, -0.25) is 23.5 Å². The number of fused-ring (bicyclic) bond motifs is 1. The normalized spacial score (nSPS) is 11.0. The zero-order valence-corrected chi connectivity index (χ0v) is 21.0. The van der Waals surface area contributed by atoms with E-state index in [-0.39, 0.29) is 23.2 Å². The summed E-state index contributed by atoms with van der Waals surface area (Å²) in [5.74, 6) is -0.372. The van der Waals surface area contributed by atoms with Crippen molar-refractivity contribution in [1.29, 1.82) is 0 Å². The molecule has 0 atom stereocenters. The highest BCUT2D eigenvalue weighted by Crippen LogP contribution is 2.24. The molecule has 0 radical (unpaired) electrons. The van der Waals surface area contributed by atoms with Crippen LogP contribution in [0.3, 0.4) is 0 Å². The highest BCUT2D eigenvalue weighted by Gasteiger charge is 2.20. The van der Waals surface area contributed by atoms with Crippen LogP contribution in [0.4, 0.5) is 11.4 Å². The summed E-state index contributed by atoms with van der Waals surface area (Å²) in [6.45, 7) is 2.12. The third-order valence-electron chi connectivity index (χ3n) is 5.58. The highest BCUT2D eigenvalue weighted by atomic mass is 32.2. The third-order valence-corrected chi connectivity index (χ3v) is 6.56. The van der Waals surface area contributed by atoms with E-state index >= 15 is 0 Å². The molecule has 4 rings (SSSR count). The molecule has 11 heteroatoms. The summed E-state index contributed by atoms with van der Waals surface area (Å²) in [5, 5.41) is 6.03. The van der Waals surface area contributed by atoms with E-state index in [1.54, 1.807) is 42.8 Å². The predicted octanol–water partition coefficient (Wildman–Crippen LogP) is 2.56. The monoisotopic (exact) mass is 506 g/mol. The van der Waals surface area contributed by atoms with Crippen LogP contribution in [0.5, 0.6) is 0 Å². The van der Waals surface area contributed by atoms with E-state index in [0.29, 0.717) is 35.0 Å². The number of imidazole rings is 1. The molecule has 0 aliphatic carbocycles. The number of hydrogen-bond acceptors (Lipinski definition) is 6. The number of aromatic nitrogens is 4. The van der Waals surface area contributed by atoms with Crippen LogP contribution < -0.4 is 21.9 Å². The number of hydrogen-bond donors (Lipinski definition) is 2. The van der Waals surface area contributed by atoms with Gasteiger partial charge >= 0.3 is 5.69 Å². The van der Waals surface area contributed by atoms with E-state index in [1.807, 2.05) is 30.3 Å². The Morgan fingerprint density at radius 3 is 2.25 bits per heavy atom. The molecule has 0 unspecified atom stereocenters. The first-order chi connectivity index (χ1) is 17.3. The second-order valence-electron chi connectivity index (χ2n) is 8.16. The van der Waals surface area contributed by atoms with Crippen molar-refractivity contribution in [3.63, 3.8) is 0 Å². The number of nitrogens with zero attached hydrogens (tertiary/aromatic N) is 4. The van der Waals surface area contributed by atoms with Crippen LogP contribution in [0.1, 0.15) is 18.9 Å². The molecule has 0 bridgehead atoms. The van der Waals surface area contributed by atoms with Crippen molar-refractivity contribution in [2.75, 3.05) is 16.4 Å². The molecule has 2 aromatic carbocycles. The topological polar surface area (TPSA) is 120 Å². The van der Waals surface area contributed by atoms with Gasteiger partial charge < -0.3 is 15.2 Å². The van der Waals surface area contributed by atoms with Crippen molar-refractivity contribution in [1.82, 2.24) is 18.7 Å². The summed E-state index contributed by atoms with van der Waals surface area (Å²) in [7, 11) is 3.00. The van der Waals surface area contributed by atoms with Crippen LogP contribution >= 0.6 is 11.8 Å². The molecule has 0 saturated carbocycles. The summed E-state index contributed by atoms with van der Waals surface area (Å²) in [6, 6.07) is 16.5. The van der Waals surface area contributed by atoms with E-state index < -0.39 is 11.2 Å². The molecule has 0 aliphatic heterocycles. The number of amides is 2. The first kappa shape index (κ1) is 25.0. The van der Waals surface area contributed by atoms with Crippen LogP contribution in [0, 0.1) is 0 Å². The van der Waals surface area contributed by atoms with E-state index in [4.69, 9.17) is 0 Å². The Morgan fingerprint density at radius 2 is 1.58 bits per heavy atom. The summed E-state index contributed by atoms with van der Waals surface area (Å²) in [4.78, 5) is 54.4. The van der Waals surface area contributed by atoms with Gasteiger partial charge in [-0.15, -0.1) is 0 Å². The number of anilines is 2. The van der Waals surface area contributed by atoms with Crippen molar-refractivity contribution in [2.24, 2.45) is 14.1 Å². The number of thioether (sulfide) groups is 1. The van der Waals surface area contributed by atoms with Gasteiger partial charge in [0.2, 0.25) is 11.8 Å². The highest BCUT2D eigenvalue weighted by molar-refractivity contribution is 7.99. The van der Waals surface area contributed by atoms with Crippen LogP contribution in [0.25, 0.3) is 11.2 Å². The van der Waals surface area contributed by atoms with Crippen LogP contribution in [-0.4, -0.2) is 36.3 Å². The van der Waals surface area contributed by atoms with Crippen molar-refractivity contribution < 1.29 is 9.59 Å². The Kier molecular flexibility index (Phi) is 7.39. The predicted molar refractivity (Wildman–Crippen MR) is 140 cm³/mol.